The van der Waals surface area contributed by atoms with Gasteiger partial charge in [0.05, 0.1) is 11.3 Å². The number of hydrogen-bond acceptors (Lipinski definition) is 3. The molecule has 1 aromatic rings. The monoisotopic (exact) mass is 282 g/mol. The number of benzene rings is 1. The Morgan fingerprint density at radius 3 is 3.05 bits per heavy atom. The number of para-hydroxylation sites is 1. The fraction of sp³-hybridized carbons (Fsp3) is 0.500. The highest BCUT2D eigenvalue weighted by Crippen LogP contribution is 2.22. The highest BCUT2D eigenvalue weighted by atomic mass is 32.2. The van der Waals surface area contributed by atoms with Gasteiger partial charge >= 0.3 is 0 Å². The predicted octanol–water partition coefficient (Wildman–Crippen LogP) is 2.88. The number of carbonyl (C=O) groups is 1. The molecule has 0 saturated carbocycles. The summed E-state index contributed by atoms with van der Waals surface area (Å²) < 4.78 is 13.8. The van der Waals surface area contributed by atoms with E-state index in [9.17, 15) is 9.18 Å². The molecule has 0 spiro atoms. The molecule has 0 radical (unpaired) electrons. The minimum atomic E-state index is -0.373. The third-order valence-corrected chi connectivity index (χ3v) is 4.24. The van der Waals surface area contributed by atoms with Gasteiger partial charge in [-0.2, -0.15) is 11.8 Å². The molecule has 19 heavy (non-hydrogen) atoms. The Hall–Kier alpha value is -1.23. The second kappa shape index (κ2) is 6.80. The lowest BCUT2D eigenvalue weighted by molar-refractivity contribution is 0.0941. The van der Waals surface area contributed by atoms with Crippen LogP contribution < -0.4 is 10.6 Å². The number of anilines is 1. The minimum Gasteiger partial charge on any atom is -0.382 e. The minimum absolute atomic E-state index is 0.189. The van der Waals surface area contributed by atoms with Gasteiger partial charge in [0.2, 0.25) is 0 Å². The van der Waals surface area contributed by atoms with Gasteiger partial charge in [0.25, 0.3) is 5.91 Å². The van der Waals surface area contributed by atoms with Crippen LogP contribution in [0.5, 0.6) is 0 Å². The van der Waals surface area contributed by atoms with E-state index >= 15 is 0 Å². The fourth-order valence-electron chi connectivity index (χ4n) is 2.05. The van der Waals surface area contributed by atoms with Crippen LogP contribution in [0.3, 0.4) is 0 Å². The summed E-state index contributed by atoms with van der Waals surface area (Å²) in [4.78, 5) is 12.2. The summed E-state index contributed by atoms with van der Waals surface area (Å²) in [7, 11) is 0. The molecule has 1 aliphatic heterocycles. The zero-order valence-electron chi connectivity index (χ0n) is 11.0. The molecular formula is C14H19FN2OS. The van der Waals surface area contributed by atoms with Crippen LogP contribution in [0.4, 0.5) is 10.1 Å². The van der Waals surface area contributed by atoms with Crippen LogP contribution in [-0.2, 0) is 0 Å². The highest BCUT2D eigenvalue weighted by Gasteiger charge is 2.21. The molecule has 1 aromatic carbocycles. The van der Waals surface area contributed by atoms with Crippen molar-refractivity contribution >= 4 is 23.4 Å². The zero-order chi connectivity index (χ0) is 13.7. The maximum Gasteiger partial charge on any atom is 0.253 e. The lowest BCUT2D eigenvalue weighted by Crippen LogP contribution is -2.35. The van der Waals surface area contributed by atoms with Crippen molar-refractivity contribution in [1.29, 1.82) is 0 Å². The lowest BCUT2D eigenvalue weighted by Gasteiger charge is -2.15. The van der Waals surface area contributed by atoms with Crippen molar-refractivity contribution in [1.82, 2.24) is 5.32 Å². The van der Waals surface area contributed by atoms with Crippen LogP contribution in [0.2, 0.25) is 0 Å². The summed E-state index contributed by atoms with van der Waals surface area (Å²) in [6.45, 7) is 2.66. The second-order valence-electron chi connectivity index (χ2n) is 4.62. The Morgan fingerprint density at radius 1 is 1.53 bits per heavy atom. The van der Waals surface area contributed by atoms with Gasteiger partial charge in [-0.25, -0.2) is 4.39 Å². The number of halogens is 1. The molecule has 0 bridgehead atoms. The van der Waals surface area contributed by atoms with E-state index in [0.717, 1.165) is 24.3 Å². The van der Waals surface area contributed by atoms with Gasteiger partial charge in [0, 0.05) is 18.3 Å². The molecule has 1 fully saturated rings. The smallest absolute Gasteiger partial charge is 0.253 e. The largest absolute Gasteiger partial charge is 0.382 e. The molecule has 104 valence electrons. The van der Waals surface area contributed by atoms with E-state index in [2.05, 4.69) is 10.6 Å². The van der Waals surface area contributed by atoms with E-state index < -0.39 is 0 Å². The Bertz CT molecular complexity index is 447. The Labute approximate surface area is 117 Å². The van der Waals surface area contributed by atoms with Crippen molar-refractivity contribution in [3.8, 4) is 0 Å². The van der Waals surface area contributed by atoms with Crippen molar-refractivity contribution in [3.63, 3.8) is 0 Å². The fourth-order valence-corrected chi connectivity index (χ4v) is 3.21. The number of hydrogen-bond donors (Lipinski definition) is 2. The number of nitrogens with one attached hydrogen (secondary N) is 2. The first kappa shape index (κ1) is 14.2. The summed E-state index contributed by atoms with van der Waals surface area (Å²) in [5.74, 6) is 1.46. The van der Waals surface area contributed by atoms with Crippen LogP contribution in [0, 0.1) is 5.82 Å². The molecule has 1 saturated heterocycles. The second-order valence-corrected chi connectivity index (χ2v) is 5.77. The molecule has 2 N–H and O–H groups in total. The standard InChI is InChI=1S/C14H19FN2OS/c1-2-7-16-13-11(4-3-5-12(13)15)14(18)17-10-6-8-19-9-10/h3-5,10,16H,2,6-9H2,1H3,(H,17,18). The number of thioether (sulfide) groups is 1. The topological polar surface area (TPSA) is 41.1 Å². The number of carbonyl (C=O) groups excluding carboxylic acids is 1. The maximum atomic E-state index is 13.8. The van der Waals surface area contributed by atoms with Crippen LogP contribution in [0.1, 0.15) is 30.1 Å². The van der Waals surface area contributed by atoms with Gasteiger partial charge in [-0.05, 0) is 30.7 Å². The van der Waals surface area contributed by atoms with E-state index in [1.54, 1.807) is 12.1 Å². The van der Waals surface area contributed by atoms with E-state index in [1.807, 2.05) is 18.7 Å². The lowest BCUT2D eigenvalue weighted by atomic mass is 10.1. The van der Waals surface area contributed by atoms with Crippen molar-refractivity contribution in [3.05, 3.63) is 29.6 Å². The SMILES string of the molecule is CCCNc1c(F)cccc1C(=O)NC1CCSC1. The Morgan fingerprint density at radius 2 is 2.37 bits per heavy atom. The van der Waals surface area contributed by atoms with Crippen LogP contribution in [0.25, 0.3) is 0 Å². The molecular weight excluding hydrogens is 263 g/mol. The molecule has 1 aliphatic rings. The molecule has 3 nitrogen and oxygen atoms in total. The number of amides is 1. The average molecular weight is 282 g/mol. The summed E-state index contributed by atoms with van der Waals surface area (Å²) >= 11 is 1.84. The molecule has 1 amide bonds. The van der Waals surface area contributed by atoms with Crippen molar-refractivity contribution in [2.24, 2.45) is 0 Å². The quantitative estimate of drug-likeness (QED) is 0.872. The first-order chi connectivity index (χ1) is 9.22. The van der Waals surface area contributed by atoms with E-state index in [0.29, 0.717) is 17.8 Å². The van der Waals surface area contributed by atoms with Crippen LogP contribution in [-0.4, -0.2) is 30.0 Å². The first-order valence-electron chi connectivity index (χ1n) is 6.63. The van der Waals surface area contributed by atoms with E-state index in [-0.39, 0.29) is 17.8 Å². The van der Waals surface area contributed by atoms with Crippen molar-refractivity contribution in [2.75, 3.05) is 23.4 Å². The molecule has 0 aromatic heterocycles. The number of rotatable bonds is 5. The normalized spacial score (nSPS) is 18.3. The molecule has 0 aliphatic carbocycles. The summed E-state index contributed by atoms with van der Waals surface area (Å²) in [6.07, 6.45) is 1.87. The Balaban J connectivity index is 2.12. The van der Waals surface area contributed by atoms with Gasteiger partial charge in [-0.3, -0.25) is 4.79 Å². The first-order valence-corrected chi connectivity index (χ1v) is 7.79. The van der Waals surface area contributed by atoms with Crippen molar-refractivity contribution < 1.29 is 9.18 Å². The van der Waals surface area contributed by atoms with Crippen LogP contribution in [0.15, 0.2) is 18.2 Å². The zero-order valence-corrected chi connectivity index (χ0v) is 11.9. The third kappa shape index (κ3) is 3.62. The molecule has 1 atom stereocenters. The van der Waals surface area contributed by atoms with Gasteiger partial charge in [0.1, 0.15) is 5.82 Å². The summed E-state index contributed by atoms with van der Waals surface area (Å²) in [6, 6.07) is 4.82. The molecule has 1 unspecified atom stereocenters. The van der Waals surface area contributed by atoms with Gasteiger partial charge in [0.15, 0.2) is 0 Å². The summed E-state index contributed by atoms with van der Waals surface area (Å²) in [5.41, 5.74) is 0.706. The maximum absolute atomic E-state index is 13.8. The highest BCUT2D eigenvalue weighted by molar-refractivity contribution is 7.99. The Kier molecular flexibility index (Phi) is 5.07. The van der Waals surface area contributed by atoms with Gasteiger partial charge < -0.3 is 10.6 Å². The molecule has 2 rings (SSSR count). The summed E-state index contributed by atoms with van der Waals surface area (Å²) in [5, 5.41) is 5.97. The van der Waals surface area contributed by atoms with Gasteiger partial charge in [-0.15, -0.1) is 0 Å². The molecule has 5 heteroatoms. The predicted molar refractivity (Wildman–Crippen MR) is 78.4 cm³/mol. The van der Waals surface area contributed by atoms with E-state index in [1.165, 1.54) is 6.07 Å². The van der Waals surface area contributed by atoms with Crippen molar-refractivity contribution in [2.45, 2.75) is 25.8 Å². The van der Waals surface area contributed by atoms with Crippen LogP contribution >= 0.6 is 11.8 Å². The third-order valence-electron chi connectivity index (χ3n) is 3.07. The molecule has 1 heterocycles. The van der Waals surface area contributed by atoms with Gasteiger partial charge in [-0.1, -0.05) is 13.0 Å². The average Bonchev–Trinajstić information content (AvgIpc) is 2.90. The van der Waals surface area contributed by atoms with E-state index in [4.69, 9.17) is 0 Å².